The normalized spacial score (nSPS) is 16.3. The van der Waals surface area contributed by atoms with Gasteiger partial charge >= 0.3 is 0 Å². The smallest absolute Gasteiger partial charge is 0.253 e. The van der Waals surface area contributed by atoms with E-state index in [4.69, 9.17) is 4.74 Å². The van der Waals surface area contributed by atoms with E-state index in [1.807, 2.05) is 0 Å². The van der Waals surface area contributed by atoms with Crippen LogP contribution in [0.15, 0.2) is 23.1 Å². The molecule has 8 heteroatoms. The SMILES string of the molecule is CCO[C@@H](C)C(=O)Nc1cc(S(=O)(=O)NC2CC2)ccc1F. The molecule has 1 aliphatic carbocycles. The molecular weight excluding hydrogens is 311 g/mol. The van der Waals surface area contributed by atoms with Crippen LogP contribution in [0.2, 0.25) is 0 Å². The van der Waals surface area contributed by atoms with Crippen LogP contribution in [0.3, 0.4) is 0 Å². The number of halogens is 1. The number of hydrogen-bond donors (Lipinski definition) is 2. The Morgan fingerprint density at radius 1 is 1.45 bits per heavy atom. The monoisotopic (exact) mass is 330 g/mol. The van der Waals surface area contributed by atoms with E-state index in [-0.39, 0.29) is 16.6 Å². The number of carbonyl (C=O) groups excluding carboxylic acids is 1. The number of amides is 1. The first kappa shape index (κ1) is 16.9. The van der Waals surface area contributed by atoms with Gasteiger partial charge in [0.05, 0.1) is 10.6 Å². The maximum absolute atomic E-state index is 13.8. The number of carbonyl (C=O) groups is 1. The minimum atomic E-state index is -3.70. The van der Waals surface area contributed by atoms with Gasteiger partial charge in [-0.1, -0.05) is 0 Å². The average molecular weight is 330 g/mol. The van der Waals surface area contributed by atoms with Crippen LogP contribution in [0.4, 0.5) is 10.1 Å². The Kier molecular flexibility index (Phi) is 5.15. The van der Waals surface area contributed by atoms with Gasteiger partial charge in [0.2, 0.25) is 10.0 Å². The Morgan fingerprint density at radius 3 is 2.73 bits per heavy atom. The van der Waals surface area contributed by atoms with Crippen molar-refractivity contribution < 1.29 is 22.3 Å². The summed E-state index contributed by atoms with van der Waals surface area (Å²) in [6.07, 6.45) is 0.848. The summed E-state index contributed by atoms with van der Waals surface area (Å²) in [6.45, 7) is 3.61. The highest BCUT2D eigenvalue weighted by Crippen LogP contribution is 2.24. The summed E-state index contributed by atoms with van der Waals surface area (Å²) in [5.74, 6) is -1.24. The lowest BCUT2D eigenvalue weighted by Gasteiger charge is -2.13. The molecule has 0 radical (unpaired) electrons. The van der Waals surface area contributed by atoms with Gasteiger partial charge in [-0.2, -0.15) is 0 Å². The Hall–Kier alpha value is -1.51. The zero-order valence-corrected chi connectivity index (χ0v) is 13.2. The minimum absolute atomic E-state index is 0.0499. The highest BCUT2D eigenvalue weighted by Gasteiger charge is 2.28. The van der Waals surface area contributed by atoms with Crippen LogP contribution in [0.25, 0.3) is 0 Å². The molecule has 122 valence electrons. The molecule has 1 amide bonds. The molecule has 1 fully saturated rings. The van der Waals surface area contributed by atoms with Crippen molar-refractivity contribution in [3.8, 4) is 0 Å². The van der Waals surface area contributed by atoms with Crippen molar-refractivity contribution in [2.75, 3.05) is 11.9 Å². The molecule has 22 heavy (non-hydrogen) atoms. The number of nitrogens with one attached hydrogen (secondary N) is 2. The van der Waals surface area contributed by atoms with Crippen molar-refractivity contribution >= 4 is 21.6 Å². The third-order valence-electron chi connectivity index (χ3n) is 3.19. The highest BCUT2D eigenvalue weighted by molar-refractivity contribution is 7.89. The Bertz CT molecular complexity index is 659. The van der Waals surface area contributed by atoms with E-state index >= 15 is 0 Å². The van der Waals surface area contributed by atoms with Gasteiger partial charge in [0.15, 0.2) is 0 Å². The lowest BCUT2D eigenvalue weighted by Crippen LogP contribution is -2.29. The van der Waals surface area contributed by atoms with Crippen molar-refractivity contribution in [3.05, 3.63) is 24.0 Å². The number of anilines is 1. The molecule has 0 heterocycles. The predicted molar refractivity (Wildman–Crippen MR) is 79.5 cm³/mol. The Labute approximate surface area is 129 Å². The summed E-state index contributed by atoms with van der Waals surface area (Å²) in [7, 11) is -3.70. The lowest BCUT2D eigenvalue weighted by molar-refractivity contribution is -0.126. The third-order valence-corrected chi connectivity index (χ3v) is 4.71. The van der Waals surface area contributed by atoms with Crippen LogP contribution in [0.5, 0.6) is 0 Å². The van der Waals surface area contributed by atoms with E-state index in [2.05, 4.69) is 10.0 Å². The molecular formula is C14H19FN2O4S. The van der Waals surface area contributed by atoms with E-state index in [0.717, 1.165) is 25.0 Å². The van der Waals surface area contributed by atoms with Gasteiger partial charge < -0.3 is 10.1 Å². The average Bonchev–Trinajstić information content (AvgIpc) is 3.24. The molecule has 1 atom stereocenters. The molecule has 1 aromatic rings. The second-order valence-electron chi connectivity index (χ2n) is 5.12. The molecule has 0 bridgehead atoms. The fourth-order valence-electron chi connectivity index (χ4n) is 1.82. The van der Waals surface area contributed by atoms with Gasteiger partial charge in [0, 0.05) is 12.6 Å². The van der Waals surface area contributed by atoms with Gasteiger partial charge in [0.1, 0.15) is 11.9 Å². The summed E-state index contributed by atoms with van der Waals surface area (Å²) in [5.41, 5.74) is -0.185. The standard InChI is InChI=1S/C14H19FN2O4S/c1-3-21-9(2)14(18)16-13-8-11(6-7-12(13)15)22(19,20)17-10-4-5-10/h6-10,17H,3-5H2,1-2H3,(H,16,18)/t9-/m0/s1. The first-order valence-electron chi connectivity index (χ1n) is 7.08. The molecule has 0 aromatic heterocycles. The van der Waals surface area contributed by atoms with Crippen LogP contribution < -0.4 is 10.0 Å². The van der Waals surface area contributed by atoms with E-state index in [1.54, 1.807) is 6.92 Å². The van der Waals surface area contributed by atoms with E-state index in [1.165, 1.54) is 13.0 Å². The molecule has 0 unspecified atom stereocenters. The zero-order chi connectivity index (χ0) is 16.3. The summed E-state index contributed by atoms with van der Waals surface area (Å²) in [5, 5.41) is 2.35. The van der Waals surface area contributed by atoms with Gasteiger partial charge in [-0.15, -0.1) is 0 Å². The molecule has 0 saturated heterocycles. The number of hydrogen-bond acceptors (Lipinski definition) is 4. The van der Waals surface area contributed by atoms with Crippen molar-refractivity contribution in [2.24, 2.45) is 0 Å². The van der Waals surface area contributed by atoms with E-state index < -0.39 is 27.9 Å². The largest absolute Gasteiger partial charge is 0.369 e. The van der Waals surface area contributed by atoms with Crippen LogP contribution >= 0.6 is 0 Å². The topological polar surface area (TPSA) is 84.5 Å². The number of sulfonamides is 1. The Balaban J connectivity index is 2.17. The number of rotatable bonds is 7. The van der Waals surface area contributed by atoms with Crippen LogP contribution in [0, 0.1) is 5.82 Å². The summed E-state index contributed by atoms with van der Waals surface area (Å²) < 4.78 is 45.6. The maximum Gasteiger partial charge on any atom is 0.253 e. The second-order valence-corrected chi connectivity index (χ2v) is 6.84. The van der Waals surface area contributed by atoms with E-state index in [0.29, 0.717) is 6.61 Å². The van der Waals surface area contributed by atoms with Crippen LogP contribution in [-0.2, 0) is 19.6 Å². The molecule has 2 N–H and O–H groups in total. The fraction of sp³-hybridized carbons (Fsp3) is 0.500. The van der Waals surface area contributed by atoms with Crippen molar-refractivity contribution in [1.29, 1.82) is 0 Å². The number of benzene rings is 1. The zero-order valence-electron chi connectivity index (χ0n) is 12.4. The second kappa shape index (κ2) is 6.72. The minimum Gasteiger partial charge on any atom is -0.369 e. The van der Waals surface area contributed by atoms with Crippen LogP contribution in [-0.4, -0.2) is 33.1 Å². The predicted octanol–water partition coefficient (Wildman–Crippen LogP) is 1.63. The molecule has 2 rings (SSSR count). The van der Waals surface area contributed by atoms with Gasteiger partial charge in [-0.3, -0.25) is 4.79 Å². The quantitative estimate of drug-likeness (QED) is 0.796. The molecule has 1 saturated carbocycles. The van der Waals surface area contributed by atoms with Crippen molar-refractivity contribution in [2.45, 2.75) is 43.7 Å². The highest BCUT2D eigenvalue weighted by atomic mass is 32.2. The molecule has 1 aromatic carbocycles. The van der Waals surface area contributed by atoms with E-state index in [9.17, 15) is 17.6 Å². The maximum atomic E-state index is 13.8. The summed E-state index contributed by atoms with van der Waals surface area (Å²) in [6, 6.07) is 3.24. The fourth-order valence-corrected chi connectivity index (χ4v) is 3.15. The van der Waals surface area contributed by atoms with Crippen LogP contribution in [0.1, 0.15) is 26.7 Å². The number of ether oxygens (including phenoxy) is 1. The third kappa shape index (κ3) is 4.25. The lowest BCUT2D eigenvalue weighted by atomic mass is 10.3. The van der Waals surface area contributed by atoms with Crippen molar-refractivity contribution in [1.82, 2.24) is 4.72 Å². The first-order valence-corrected chi connectivity index (χ1v) is 8.56. The molecule has 1 aliphatic rings. The summed E-state index contributed by atoms with van der Waals surface area (Å²) in [4.78, 5) is 11.8. The summed E-state index contributed by atoms with van der Waals surface area (Å²) >= 11 is 0. The van der Waals surface area contributed by atoms with Gasteiger partial charge in [-0.25, -0.2) is 17.5 Å². The molecule has 0 aliphatic heterocycles. The van der Waals surface area contributed by atoms with Gasteiger partial charge in [0.25, 0.3) is 5.91 Å². The van der Waals surface area contributed by atoms with Crippen molar-refractivity contribution in [3.63, 3.8) is 0 Å². The first-order chi connectivity index (χ1) is 10.3. The Morgan fingerprint density at radius 2 is 2.14 bits per heavy atom. The molecule has 0 spiro atoms. The molecule has 6 nitrogen and oxygen atoms in total. The van der Waals surface area contributed by atoms with Gasteiger partial charge in [-0.05, 0) is 44.9 Å².